The van der Waals surface area contributed by atoms with Gasteiger partial charge < -0.3 is 19.5 Å². The Bertz CT molecular complexity index is 643. The molecule has 2 aromatic rings. The number of aliphatic hydroxyl groups excluding tert-OH is 1. The van der Waals surface area contributed by atoms with Gasteiger partial charge in [0, 0.05) is 51.8 Å². The molecule has 1 aliphatic rings. The third-order valence-electron chi connectivity index (χ3n) is 4.29. The van der Waals surface area contributed by atoms with Gasteiger partial charge in [-0.2, -0.15) is 4.98 Å². The lowest BCUT2D eigenvalue weighted by atomic mass is 10.1. The Hall–Kier alpha value is -2.15. The molecule has 0 bridgehead atoms. The fourth-order valence-corrected chi connectivity index (χ4v) is 2.86. The van der Waals surface area contributed by atoms with Gasteiger partial charge in [-0.3, -0.25) is 0 Å². The van der Waals surface area contributed by atoms with E-state index in [1.165, 1.54) is 0 Å². The number of rotatable bonds is 5. The number of aryl methyl sites for hydroxylation is 1. The molecule has 1 atom stereocenters. The summed E-state index contributed by atoms with van der Waals surface area (Å²) in [4.78, 5) is 17.4. The van der Waals surface area contributed by atoms with E-state index in [4.69, 9.17) is 0 Å². The molecule has 3 rings (SSSR count). The van der Waals surface area contributed by atoms with Crippen molar-refractivity contribution in [1.29, 1.82) is 0 Å². The molecule has 0 aromatic carbocycles. The SMILES string of the molecule is Cc1nccn1CCN(C)c1nccc(N2CCC[C@@H](O)C2)n1. The molecule has 124 valence electrons. The maximum Gasteiger partial charge on any atom is 0.227 e. The zero-order chi connectivity index (χ0) is 16.2. The summed E-state index contributed by atoms with van der Waals surface area (Å²) in [5.74, 6) is 2.61. The zero-order valence-electron chi connectivity index (χ0n) is 13.8. The molecule has 23 heavy (non-hydrogen) atoms. The summed E-state index contributed by atoms with van der Waals surface area (Å²) in [5.41, 5.74) is 0. The van der Waals surface area contributed by atoms with Gasteiger partial charge in [0.2, 0.25) is 5.95 Å². The van der Waals surface area contributed by atoms with Crippen LogP contribution in [0.25, 0.3) is 0 Å². The van der Waals surface area contributed by atoms with E-state index in [0.29, 0.717) is 12.5 Å². The van der Waals surface area contributed by atoms with Crippen molar-refractivity contribution >= 4 is 11.8 Å². The smallest absolute Gasteiger partial charge is 0.227 e. The van der Waals surface area contributed by atoms with Gasteiger partial charge in [0.15, 0.2) is 0 Å². The van der Waals surface area contributed by atoms with Gasteiger partial charge in [0.25, 0.3) is 0 Å². The molecule has 0 saturated carbocycles. The molecule has 1 N–H and O–H groups in total. The van der Waals surface area contributed by atoms with Crippen LogP contribution < -0.4 is 9.80 Å². The average molecular weight is 316 g/mol. The minimum atomic E-state index is -0.260. The maximum atomic E-state index is 9.83. The van der Waals surface area contributed by atoms with Crippen molar-refractivity contribution < 1.29 is 5.11 Å². The van der Waals surface area contributed by atoms with Crippen LogP contribution in [0.5, 0.6) is 0 Å². The first kappa shape index (κ1) is 15.7. The number of β-amino-alcohol motifs (C(OH)–C–C–N with tert-alkyl or cyclic N) is 1. The Labute approximate surface area is 136 Å². The van der Waals surface area contributed by atoms with Crippen molar-refractivity contribution in [3.8, 4) is 0 Å². The molecule has 0 amide bonds. The third-order valence-corrected chi connectivity index (χ3v) is 4.29. The lowest BCUT2D eigenvalue weighted by Crippen LogP contribution is -2.39. The predicted molar refractivity (Wildman–Crippen MR) is 89.7 cm³/mol. The van der Waals surface area contributed by atoms with Crippen molar-refractivity contribution in [2.24, 2.45) is 0 Å². The first-order valence-corrected chi connectivity index (χ1v) is 8.08. The minimum Gasteiger partial charge on any atom is -0.391 e. The molecule has 0 aliphatic carbocycles. The quantitative estimate of drug-likeness (QED) is 0.890. The van der Waals surface area contributed by atoms with E-state index in [1.807, 2.05) is 37.3 Å². The number of aliphatic hydroxyl groups is 1. The first-order chi connectivity index (χ1) is 11.1. The molecule has 0 spiro atoms. The van der Waals surface area contributed by atoms with Gasteiger partial charge in [-0.05, 0) is 25.8 Å². The van der Waals surface area contributed by atoms with Crippen LogP contribution in [0.3, 0.4) is 0 Å². The van der Waals surface area contributed by atoms with Gasteiger partial charge >= 0.3 is 0 Å². The fourth-order valence-electron chi connectivity index (χ4n) is 2.86. The number of piperidine rings is 1. The number of imidazole rings is 1. The second-order valence-corrected chi connectivity index (χ2v) is 6.05. The third kappa shape index (κ3) is 3.79. The van der Waals surface area contributed by atoms with Crippen LogP contribution >= 0.6 is 0 Å². The van der Waals surface area contributed by atoms with Crippen LogP contribution in [-0.4, -0.2) is 57.4 Å². The van der Waals surface area contributed by atoms with Crippen molar-refractivity contribution in [1.82, 2.24) is 19.5 Å². The van der Waals surface area contributed by atoms with Gasteiger partial charge in [-0.25, -0.2) is 9.97 Å². The van der Waals surface area contributed by atoms with Crippen molar-refractivity contribution in [3.05, 3.63) is 30.5 Å². The van der Waals surface area contributed by atoms with E-state index in [1.54, 1.807) is 6.20 Å². The maximum absolute atomic E-state index is 9.83. The van der Waals surface area contributed by atoms with E-state index >= 15 is 0 Å². The number of hydrogen-bond donors (Lipinski definition) is 1. The van der Waals surface area contributed by atoms with Crippen LogP contribution in [0.1, 0.15) is 18.7 Å². The van der Waals surface area contributed by atoms with Crippen molar-refractivity contribution in [2.45, 2.75) is 32.4 Å². The molecular weight excluding hydrogens is 292 g/mol. The van der Waals surface area contributed by atoms with Crippen LogP contribution in [0.2, 0.25) is 0 Å². The van der Waals surface area contributed by atoms with E-state index in [2.05, 4.69) is 24.4 Å². The molecule has 3 heterocycles. The van der Waals surface area contributed by atoms with Crippen LogP contribution in [0, 0.1) is 6.92 Å². The van der Waals surface area contributed by atoms with Crippen LogP contribution in [0.4, 0.5) is 11.8 Å². The Morgan fingerprint density at radius 2 is 2.22 bits per heavy atom. The Kier molecular flexibility index (Phi) is 4.76. The summed E-state index contributed by atoms with van der Waals surface area (Å²) in [7, 11) is 2.00. The Morgan fingerprint density at radius 1 is 1.35 bits per heavy atom. The Morgan fingerprint density at radius 3 is 2.96 bits per heavy atom. The summed E-state index contributed by atoms with van der Waals surface area (Å²) >= 11 is 0. The number of aromatic nitrogens is 4. The van der Waals surface area contributed by atoms with Gasteiger partial charge in [-0.15, -0.1) is 0 Å². The lowest BCUT2D eigenvalue weighted by molar-refractivity contribution is 0.154. The zero-order valence-corrected chi connectivity index (χ0v) is 13.8. The molecule has 1 fully saturated rings. The largest absolute Gasteiger partial charge is 0.391 e. The van der Waals surface area contributed by atoms with Gasteiger partial charge in [-0.1, -0.05) is 0 Å². The minimum absolute atomic E-state index is 0.260. The molecule has 7 nitrogen and oxygen atoms in total. The summed E-state index contributed by atoms with van der Waals surface area (Å²) in [6, 6.07) is 1.91. The lowest BCUT2D eigenvalue weighted by Gasteiger charge is -2.31. The molecular formula is C16H24N6O. The molecule has 7 heteroatoms. The highest BCUT2D eigenvalue weighted by Gasteiger charge is 2.19. The van der Waals surface area contributed by atoms with Crippen LogP contribution in [-0.2, 0) is 6.54 Å². The average Bonchev–Trinajstić information content (AvgIpc) is 2.98. The second-order valence-electron chi connectivity index (χ2n) is 6.05. The number of hydrogen-bond acceptors (Lipinski definition) is 6. The fraction of sp³-hybridized carbons (Fsp3) is 0.562. The second kappa shape index (κ2) is 6.95. The summed E-state index contributed by atoms with van der Waals surface area (Å²) < 4.78 is 2.11. The summed E-state index contributed by atoms with van der Waals surface area (Å²) in [6.45, 7) is 5.24. The molecule has 0 unspecified atom stereocenters. The predicted octanol–water partition coefficient (Wildman–Crippen LogP) is 1.08. The van der Waals surface area contributed by atoms with E-state index < -0.39 is 0 Å². The van der Waals surface area contributed by atoms with Gasteiger partial charge in [0.05, 0.1) is 6.10 Å². The topological polar surface area (TPSA) is 70.3 Å². The highest BCUT2D eigenvalue weighted by atomic mass is 16.3. The standard InChI is InChI=1S/C16H24N6O/c1-13-17-7-9-21(13)11-10-20(2)16-18-6-5-15(19-16)22-8-3-4-14(23)12-22/h5-7,9,14,23H,3-4,8,10-12H2,1-2H3/t14-/m1/s1. The molecule has 0 radical (unpaired) electrons. The highest BCUT2D eigenvalue weighted by molar-refractivity contribution is 5.43. The van der Waals surface area contributed by atoms with Gasteiger partial charge in [0.1, 0.15) is 11.6 Å². The van der Waals surface area contributed by atoms with E-state index in [0.717, 1.165) is 44.1 Å². The van der Waals surface area contributed by atoms with Crippen molar-refractivity contribution in [3.63, 3.8) is 0 Å². The van der Waals surface area contributed by atoms with Crippen LogP contribution in [0.15, 0.2) is 24.7 Å². The van der Waals surface area contributed by atoms with E-state index in [-0.39, 0.29) is 6.10 Å². The van der Waals surface area contributed by atoms with E-state index in [9.17, 15) is 5.11 Å². The first-order valence-electron chi connectivity index (χ1n) is 8.08. The molecule has 1 saturated heterocycles. The number of likely N-dealkylation sites (N-methyl/N-ethyl adjacent to an activating group) is 1. The highest BCUT2D eigenvalue weighted by Crippen LogP contribution is 2.19. The monoisotopic (exact) mass is 316 g/mol. The Balaban J connectivity index is 1.65. The summed E-state index contributed by atoms with van der Waals surface area (Å²) in [6.07, 6.45) is 7.19. The normalized spacial score (nSPS) is 18.2. The number of nitrogens with zero attached hydrogens (tertiary/aromatic N) is 6. The molecule has 1 aliphatic heterocycles. The van der Waals surface area contributed by atoms with Crippen molar-refractivity contribution in [2.75, 3.05) is 36.5 Å². The summed E-state index contributed by atoms with van der Waals surface area (Å²) in [5, 5.41) is 9.83. The number of anilines is 2. The molecule has 2 aromatic heterocycles.